The van der Waals surface area contributed by atoms with E-state index in [9.17, 15) is 0 Å². The summed E-state index contributed by atoms with van der Waals surface area (Å²) in [6, 6.07) is 1.09. The Bertz CT molecular complexity index is 157. The van der Waals surface area contributed by atoms with Crippen LogP contribution in [-0.2, 0) is 4.74 Å². The van der Waals surface area contributed by atoms with Crippen LogP contribution in [0.1, 0.15) is 26.7 Å². The van der Waals surface area contributed by atoms with E-state index in [0.717, 1.165) is 13.2 Å². The van der Waals surface area contributed by atoms with Crippen molar-refractivity contribution in [1.82, 2.24) is 10.2 Å². The first-order chi connectivity index (χ1) is 6.65. The first-order valence-electron chi connectivity index (χ1n) is 5.64. The zero-order chi connectivity index (χ0) is 10.6. The van der Waals surface area contributed by atoms with Crippen molar-refractivity contribution in [3.8, 4) is 0 Å². The highest BCUT2D eigenvalue weighted by Crippen LogP contribution is 2.14. The Morgan fingerprint density at radius 1 is 1.50 bits per heavy atom. The van der Waals surface area contributed by atoms with E-state index in [1.54, 1.807) is 0 Å². The predicted octanol–water partition coefficient (Wildman–Crippen LogP) is 1.09. The summed E-state index contributed by atoms with van der Waals surface area (Å²) in [6.07, 6.45) is 2.92. The molecule has 0 amide bonds. The van der Waals surface area contributed by atoms with E-state index >= 15 is 0 Å². The van der Waals surface area contributed by atoms with Crippen LogP contribution in [0.15, 0.2) is 0 Å². The number of nitrogens with one attached hydrogen (secondary N) is 1. The van der Waals surface area contributed by atoms with Gasteiger partial charge < -0.3 is 10.1 Å². The summed E-state index contributed by atoms with van der Waals surface area (Å²) >= 11 is 0. The molecule has 3 heteroatoms. The van der Waals surface area contributed by atoms with Crippen LogP contribution in [0.3, 0.4) is 0 Å². The molecule has 0 aromatic rings. The van der Waals surface area contributed by atoms with E-state index < -0.39 is 0 Å². The average molecular weight is 200 g/mol. The number of rotatable bonds is 5. The molecule has 1 aliphatic heterocycles. The molecule has 0 spiro atoms. The Morgan fingerprint density at radius 3 is 2.71 bits per heavy atom. The Balaban J connectivity index is 2.28. The van der Waals surface area contributed by atoms with Crippen molar-refractivity contribution in [3.63, 3.8) is 0 Å². The van der Waals surface area contributed by atoms with Crippen LogP contribution < -0.4 is 5.32 Å². The van der Waals surface area contributed by atoms with Crippen molar-refractivity contribution in [2.75, 3.05) is 27.2 Å². The number of likely N-dealkylation sites (N-methyl/N-ethyl adjacent to an activating group) is 2. The van der Waals surface area contributed by atoms with E-state index in [1.807, 2.05) is 7.05 Å². The molecular weight excluding hydrogens is 176 g/mol. The molecule has 0 radical (unpaired) electrons. The minimum absolute atomic E-state index is 0.464. The van der Waals surface area contributed by atoms with Gasteiger partial charge in [0.15, 0.2) is 0 Å². The maximum atomic E-state index is 5.63. The monoisotopic (exact) mass is 200 g/mol. The second-order valence-electron chi connectivity index (χ2n) is 4.39. The molecule has 1 saturated heterocycles. The maximum Gasteiger partial charge on any atom is 0.0702 e. The fourth-order valence-corrected chi connectivity index (χ4v) is 1.90. The summed E-state index contributed by atoms with van der Waals surface area (Å²) in [4.78, 5) is 2.39. The van der Waals surface area contributed by atoms with E-state index in [2.05, 4.69) is 31.1 Å². The van der Waals surface area contributed by atoms with Gasteiger partial charge in [0, 0.05) is 25.2 Å². The van der Waals surface area contributed by atoms with Crippen LogP contribution >= 0.6 is 0 Å². The van der Waals surface area contributed by atoms with E-state index in [0.29, 0.717) is 18.2 Å². The topological polar surface area (TPSA) is 24.5 Å². The highest BCUT2D eigenvalue weighted by molar-refractivity contribution is 4.77. The highest BCUT2D eigenvalue weighted by Gasteiger charge is 2.21. The van der Waals surface area contributed by atoms with Gasteiger partial charge in [-0.15, -0.1) is 0 Å². The lowest BCUT2D eigenvalue weighted by Crippen LogP contribution is -2.46. The molecule has 0 aromatic heterocycles. The maximum absolute atomic E-state index is 5.63. The zero-order valence-corrected chi connectivity index (χ0v) is 9.92. The quantitative estimate of drug-likeness (QED) is 0.719. The largest absolute Gasteiger partial charge is 0.377 e. The molecule has 1 heterocycles. The van der Waals surface area contributed by atoms with Gasteiger partial charge in [-0.3, -0.25) is 4.90 Å². The average Bonchev–Trinajstić information content (AvgIpc) is 2.68. The lowest BCUT2D eigenvalue weighted by molar-refractivity contribution is 0.0657. The molecule has 1 fully saturated rings. The van der Waals surface area contributed by atoms with Crippen molar-refractivity contribution < 1.29 is 4.74 Å². The summed E-state index contributed by atoms with van der Waals surface area (Å²) in [5, 5.41) is 3.29. The van der Waals surface area contributed by atoms with Crippen LogP contribution in [0.5, 0.6) is 0 Å². The van der Waals surface area contributed by atoms with Crippen molar-refractivity contribution in [2.24, 2.45) is 0 Å². The molecule has 0 saturated carbocycles. The van der Waals surface area contributed by atoms with E-state index in [-0.39, 0.29) is 0 Å². The molecule has 14 heavy (non-hydrogen) atoms. The first-order valence-corrected chi connectivity index (χ1v) is 5.64. The molecule has 3 unspecified atom stereocenters. The Morgan fingerprint density at radius 2 is 2.21 bits per heavy atom. The summed E-state index contributed by atoms with van der Waals surface area (Å²) in [7, 11) is 4.20. The Kier molecular flexibility index (Phi) is 4.85. The third kappa shape index (κ3) is 3.23. The number of hydrogen-bond donors (Lipinski definition) is 1. The molecule has 3 nitrogen and oxygen atoms in total. The number of ether oxygens (including phenoxy) is 1. The molecule has 1 N–H and O–H groups in total. The smallest absolute Gasteiger partial charge is 0.0702 e. The van der Waals surface area contributed by atoms with Crippen molar-refractivity contribution in [2.45, 2.75) is 44.9 Å². The predicted molar refractivity (Wildman–Crippen MR) is 59.6 cm³/mol. The fourth-order valence-electron chi connectivity index (χ4n) is 1.90. The van der Waals surface area contributed by atoms with Crippen molar-refractivity contribution >= 4 is 0 Å². The second kappa shape index (κ2) is 5.69. The van der Waals surface area contributed by atoms with Gasteiger partial charge in [-0.25, -0.2) is 0 Å². The first kappa shape index (κ1) is 12.0. The van der Waals surface area contributed by atoms with Crippen LogP contribution in [0.25, 0.3) is 0 Å². The zero-order valence-electron chi connectivity index (χ0n) is 9.92. The van der Waals surface area contributed by atoms with E-state index in [4.69, 9.17) is 4.74 Å². The Labute approximate surface area is 87.8 Å². The van der Waals surface area contributed by atoms with Gasteiger partial charge >= 0.3 is 0 Å². The van der Waals surface area contributed by atoms with Crippen LogP contribution in [-0.4, -0.2) is 50.3 Å². The molecule has 0 aromatic carbocycles. The minimum Gasteiger partial charge on any atom is -0.377 e. The molecular formula is C11H24N2O. The summed E-state index contributed by atoms with van der Waals surface area (Å²) in [6.45, 7) is 6.49. The van der Waals surface area contributed by atoms with Gasteiger partial charge in [0.05, 0.1) is 6.10 Å². The highest BCUT2D eigenvalue weighted by atomic mass is 16.5. The number of nitrogens with zero attached hydrogens (tertiary/aromatic N) is 1. The Hall–Kier alpha value is -0.120. The lowest BCUT2D eigenvalue weighted by Gasteiger charge is -2.31. The molecule has 1 aliphatic rings. The van der Waals surface area contributed by atoms with Crippen LogP contribution in [0, 0.1) is 0 Å². The standard InChI is InChI=1S/C11H24N2O/c1-9(12-3)10(2)13(4)8-11-6-5-7-14-11/h9-12H,5-8H2,1-4H3. The molecule has 0 aliphatic carbocycles. The molecule has 1 rings (SSSR count). The lowest BCUT2D eigenvalue weighted by atomic mass is 10.1. The molecule has 0 bridgehead atoms. The third-order valence-corrected chi connectivity index (χ3v) is 3.39. The second-order valence-corrected chi connectivity index (χ2v) is 4.39. The minimum atomic E-state index is 0.464. The van der Waals surface area contributed by atoms with E-state index in [1.165, 1.54) is 12.8 Å². The van der Waals surface area contributed by atoms with Gasteiger partial charge in [0.1, 0.15) is 0 Å². The van der Waals surface area contributed by atoms with Crippen molar-refractivity contribution in [3.05, 3.63) is 0 Å². The van der Waals surface area contributed by atoms with Crippen LogP contribution in [0.2, 0.25) is 0 Å². The third-order valence-electron chi connectivity index (χ3n) is 3.39. The van der Waals surface area contributed by atoms with Crippen LogP contribution in [0.4, 0.5) is 0 Å². The molecule has 3 atom stereocenters. The SMILES string of the molecule is CNC(C)C(C)N(C)CC1CCCO1. The normalized spacial score (nSPS) is 26.8. The van der Waals surface area contributed by atoms with Crippen molar-refractivity contribution in [1.29, 1.82) is 0 Å². The number of hydrogen-bond acceptors (Lipinski definition) is 3. The van der Waals surface area contributed by atoms with Gasteiger partial charge in [0.25, 0.3) is 0 Å². The summed E-state index contributed by atoms with van der Waals surface area (Å²) < 4.78 is 5.63. The summed E-state index contributed by atoms with van der Waals surface area (Å²) in [5.74, 6) is 0. The van der Waals surface area contributed by atoms with Gasteiger partial charge in [-0.2, -0.15) is 0 Å². The molecule has 84 valence electrons. The summed E-state index contributed by atoms with van der Waals surface area (Å²) in [5.41, 5.74) is 0. The van der Waals surface area contributed by atoms with Gasteiger partial charge in [-0.1, -0.05) is 0 Å². The van der Waals surface area contributed by atoms with Gasteiger partial charge in [0.2, 0.25) is 0 Å². The van der Waals surface area contributed by atoms with Gasteiger partial charge in [-0.05, 0) is 40.8 Å². The fraction of sp³-hybridized carbons (Fsp3) is 1.00.